The molecule has 1 heterocycles. The maximum atomic E-state index is 9.84. The van der Waals surface area contributed by atoms with E-state index in [9.17, 15) is 5.11 Å². The lowest BCUT2D eigenvalue weighted by atomic mass is 9.86. The molecule has 2 rings (SSSR count). The molecule has 0 bridgehead atoms. The highest BCUT2D eigenvalue weighted by atomic mass is 16.3. The Morgan fingerprint density at radius 3 is 2.76 bits per heavy atom. The van der Waals surface area contributed by atoms with Crippen LogP contribution in [0.5, 0.6) is 0 Å². The van der Waals surface area contributed by atoms with Crippen molar-refractivity contribution in [2.75, 3.05) is 6.54 Å². The predicted octanol–water partition coefficient (Wildman–Crippen LogP) is 2.48. The van der Waals surface area contributed by atoms with Crippen LogP contribution in [0.15, 0.2) is 16.5 Å². The molecule has 0 saturated heterocycles. The summed E-state index contributed by atoms with van der Waals surface area (Å²) < 4.78 is 5.62. The van der Waals surface area contributed by atoms with Crippen molar-refractivity contribution < 1.29 is 9.52 Å². The Kier molecular flexibility index (Phi) is 4.63. The quantitative estimate of drug-likeness (QED) is 0.827. The highest BCUT2D eigenvalue weighted by molar-refractivity contribution is 5.06. The van der Waals surface area contributed by atoms with Crippen LogP contribution in [-0.2, 0) is 13.0 Å². The third-order valence-corrected chi connectivity index (χ3v) is 3.64. The minimum atomic E-state index is -0.112. The van der Waals surface area contributed by atoms with Gasteiger partial charge in [0.2, 0.25) is 0 Å². The zero-order chi connectivity index (χ0) is 12.1. The van der Waals surface area contributed by atoms with Crippen molar-refractivity contribution in [2.24, 2.45) is 5.92 Å². The number of aliphatic hydroxyl groups is 1. The van der Waals surface area contributed by atoms with E-state index in [1.807, 2.05) is 12.1 Å². The van der Waals surface area contributed by atoms with Gasteiger partial charge in [-0.25, -0.2) is 0 Å². The Hall–Kier alpha value is -0.800. The zero-order valence-corrected chi connectivity index (χ0v) is 10.6. The molecule has 3 heteroatoms. The number of nitrogens with one attached hydrogen (secondary N) is 1. The van der Waals surface area contributed by atoms with Gasteiger partial charge >= 0.3 is 0 Å². The standard InChI is InChI=1S/C14H23NO2/c1-2-12-7-8-13(17-12)10-15-9-11-5-3-4-6-14(11)16/h7-8,11,14-16H,2-6,9-10H2,1H3. The molecule has 2 unspecified atom stereocenters. The molecule has 1 fully saturated rings. The van der Waals surface area contributed by atoms with Gasteiger partial charge in [-0.2, -0.15) is 0 Å². The minimum Gasteiger partial charge on any atom is -0.465 e. The second-order valence-corrected chi connectivity index (χ2v) is 4.96. The first-order chi connectivity index (χ1) is 8.29. The van der Waals surface area contributed by atoms with Crippen molar-refractivity contribution in [3.05, 3.63) is 23.7 Å². The van der Waals surface area contributed by atoms with E-state index < -0.39 is 0 Å². The fourth-order valence-corrected chi connectivity index (χ4v) is 2.51. The Balaban J connectivity index is 1.71. The molecule has 0 amide bonds. The molecule has 0 spiro atoms. The molecular weight excluding hydrogens is 214 g/mol. The second kappa shape index (κ2) is 6.22. The lowest BCUT2D eigenvalue weighted by Crippen LogP contribution is -2.33. The van der Waals surface area contributed by atoms with Gasteiger partial charge in [-0.1, -0.05) is 19.8 Å². The van der Waals surface area contributed by atoms with Gasteiger partial charge < -0.3 is 14.8 Å². The van der Waals surface area contributed by atoms with Crippen LogP contribution >= 0.6 is 0 Å². The Morgan fingerprint density at radius 1 is 1.29 bits per heavy atom. The minimum absolute atomic E-state index is 0.112. The lowest BCUT2D eigenvalue weighted by Gasteiger charge is -2.27. The van der Waals surface area contributed by atoms with Crippen molar-refractivity contribution in [3.63, 3.8) is 0 Å². The van der Waals surface area contributed by atoms with Gasteiger partial charge in [0, 0.05) is 13.0 Å². The molecule has 2 N–H and O–H groups in total. The van der Waals surface area contributed by atoms with Crippen molar-refractivity contribution in [1.82, 2.24) is 5.32 Å². The van der Waals surface area contributed by atoms with Crippen LogP contribution in [0, 0.1) is 5.92 Å². The summed E-state index contributed by atoms with van der Waals surface area (Å²) in [5.74, 6) is 2.45. The third-order valence-electron chi connectivity index (χ3n) is 3.64. The summed E-state index contributed by atoms with van der Waals surface area (Å²) in [5, 5.41) is 13.2. The average molecular weight is 237 g/mol. The van der Waals surface area contributed by atoms with Crippen LogP contribution < -0.4 is 5.32 Å². The normalized spacial score (nSPS) is 25.1. The summed E-state index contributed by atoms with van der Waals surface area (Å²) in [6.45, 7) is 3.75. The molecule has 17 heavy (non-hydrogen) atoms. The van der Waals surface area contributed by atoms with E-state index >= 15 is 0 Å². The largest absolute Gasteiger partial charge is 0.465 e. The van der Waals surface area contributed by atoms with E-state index in [4.69, 9.17) is 4.42 Å². The highest BCUT2D eigenvalue weighted by Crippen LogP contribution is 2.23. The van der Waals surface area contributed by atoms with Crippen molar-refractivity contribution in [2.45, 2.75) is 51.7 Å². The number of hydrogen-bond donors (Lipinski definition) is 2. The molecule has 1 aliphatic carbocycles. The number of rotatable bonds is 5. The second-order valence-electron chi connectivity index (χ2n) is 4.96. The van der Waals surface area contributed by atoms with E-state index in [0.29, 0.717) is 5.92 Å². The van der Waals surface area contributed by atoms with Crippen LogP contribution in [0.1, 0.15) is 44.1 Å². The van der Waals surface area contributed by atoms with Gasteiger partial charge in [0.1, 0.15) is 11.5 Å². The smallest absolute Gasteiger partial charge is 0.117 e. The molecule has 0 aliphatic heterocycles. The third kappa shape index (κ3) is 3.58. The van der Waals surface area contributed by atoms with Crippen LogP contribution in [0.2, 0.25) is 0 Å². The first-order valence-electron chi connectivity index (χ1n) is 6.76. The first-order valence-corrected chi connectivity index (χ1v) is 6.76. The number of aryl methyl sites for hydroxylation is 1. The van der Waals surface area contributed by atoms with E-state index in [1.165, 1.54) is 12.8 Å². The predicted molar refractivity (Wildman–Crippen MR) is 67.8 cm³/mol. The number of hydrogen-bond acceptors (Lipinski definition) is 3. The zero-order valence-electron chi connectivity index (χ0n) is 10.6. The molecule has 1 aliphatic rings. The van der Waals surface area contributed by atoms with Gasteiger partial charge in [0.15, 0.2) is 0 Å². The summed E-state index contributed by atoms with van der Waals surface area (Å²) in [5.41, 5.74) is 0. The van der Waals surface area contributed by atoms with Crippen molar-refractivity contribution >= 4 is 0 Å². The maximum Gasteiger partial charge on any atom is 0.117 e. The van der Waals surface area contributed by atoms with Crippen molar-refractivity contribution in [3.8, 4) is 0 Å². The Morgan fingerprint density at radius 2 is 2.06 bits per heavy atom. The summed E-state index contributed by atoms with van der Waals surface area (Å²) in [6.07, 6.45) is 5.37. The molecule has 2 atom stereocenters. The molecule has 96 valence electrons. The topological polar surface area (TPSA) is 45.4 Å². The van der Waals surface area contributed by atoms with Gasteiger partial charge in [-0.15, -0.1) is 0 Å². The van der Waals surface area contributed by atoms with E-state index in [-0.39, 0.29) is 6.10 Å². The molecule has 3 nitrogen and oxygen atoms in total. The maximum absolute atomic E-state index is 9.84. The van der Waals surface area contributed by atoms with Crippen LogP contribution in [-0.4, -0.2) is 17.8 Å². The first kappa shape index (κ1) is 12.7. The summed E-state index contributed by atoms with van der Waals surface area (Å²) >= 11 is 0. The number of furan rings is 1. The Labute approximate surface area is 103 Å². The van der Waals surface area contributed by atoms with Gasteiger partial charge in [0.25, 0.3) is 0 Å². The van der Waals surface area contributed by atoms with Gasteiger partial charge in [0.05, 0.1) is 12.6 Å². The molecule has 0 aromatic carbocycles. The fraction of sp³-hybridized carbons (Fsp3) is 0.714. The van der Waals surface area contributed by atoms with E-state index in [2.05, 4.69) is 12.2 Å². The SMILES string of the molecule is CCc1ccc(CNCC2CCCCC2O)o1. The summed E-state index contributed by atoms with van der Waals surface area (Å²) in [7, 11) is 0. The van der Waals surface area contributed by atoms with Gasteiger partial charge in [-0.3, -0.25) is 0 Å². The highest BCUT2D eigenvalue weighted by Gasteiger charge is 2.22. The van der Waals surface area contributed by atoms with Gasteiger partial charge in [-0.05, 0) is 30.9 Å². The van der Waals surface area contributed by atoms with Crippen LogP contribution in [0.3, 0.4) is 0 Å². The molecular formula is C14H23NO2. The molecule has 1 aromatic heterocycles. The lowest BCUT2D eigenvalue weighted by molar-refractivity contribution is 0.0692. The molecule has 1 aromatic rings. The summed E-state index contributed by atoms with van der Waals surface area (Å²) in [6, 6.07) is 4.07. The monoisotopic (exact) mass is 237 g/mol. The van der Waals surface area contributed by atoms with E-state index in [1.54, 1.807) is 0 Å². The molecule has 1 saturated carbocycles. The van der Waals surface area contributed by atoms with E-state index in [0.717, 1.165) is 43.9 Å². The van der Waals surface area contributed by atoms with Crippen LogP contribution in [0.25, 0.3) is 0 Å². The summed E-state index contributed by atoms with van der Waals surface area (Å²) in [4.78, 5) is 0. The average Bonchev–Trinajstić information content (AvgIpc) is 2.80. The number of aliphatic hydroxyl groups excluding tert-OH is 1. The molecule has 0 radical (unpaired) electrons. The Bertz CT molecular complexity index is 335. The van der Waals surface area contributed by atoms with Crippen LogP contribution in [0.4, 0.5) is 0 Å². The van der Waals surface area contributed by atoms with Crippen molar-refractivity contribution in [1.29, 1.82) is 0 Å². The fourth-order valence-electron chi connectivity index (χ4n) is 2.51.